The zero-order valence-corrected chi connectivity index (χ0v) is 51.0. The first kappa shape index (κ1) is 63.6. The second kappa shape index (κ2) is 27.0. The minimum atomic E-state index is -5.05. The van der Waals surface area contributed by atoms with E-state index in [1.807, 2.05) is 106 Å². The van der Waals surface area contributed by atoms with E-state index in [-0.39, 0.29) is 74.7 Å². The molecule has 10 N–H and O–H groups in total. The Balaban J connectivity index is 0.750. The number of carbonyl (C=O) groups is 8. The van der Waals surface area contributed by atoms with Gasteiger partial charge in [-0.05, 0) is 116 Å². The van der Waals surface area contributed by atoms with Crippen molar-refractivity contribution in [3.05, 3.63) is 141 Å². The van der Waals surface area contributed by atoms with Gasteiger partial charge in [0.2, 0.25) is 35.4 Å². The minimum Gasteiger partial charge on any atom is -0.391 e. The molecule has 0 spiro atoms. The van der Waals surface area contributed by atoms with E-state index in [4.69, 9.17) is 5.73 Å². The molecule has 0 aliphatic carbocycles. The molecule has 0 bridgehead atoms. The van der Waals surface area contributed by atoms with Gasteiger partial charge in [-0.25, -0.2) is 4.98 Å². The Morgan fingerprint density at radius 3 is 2.29 bits per heavy atom. The number of hydrogen-bond acceptors (Lipinski definition) is 13. The van der Waals surface area contributed by atoms with Gasteiger partial charge in [0.25, 0.3) is 11.4 Å². The highest BCUT2D eigenvalue weighted by atomic mass is 32.1. The third kappa shape index (κ3) is 15.4. The van der Waals surface area contributed by atoms with E-state index in [2.05, 4.69) is 31.2 Å². The Morgan fingerprint density at radius 1 is 0.885 bits per heavy atom. The molecule has 24 heteroatoms. The number of hydrogen-bond donors (Lipinski definition) is 9. The van der Waals surface area contributed by atoms with Crippen LogP contribution in [0.4, 0.5) is 5.69 Å². The topological polar surface area (TPSA) is 327 Å². The summed E-state index contributed by atoms with van der Waals surface area (Å²) in [6, 6.07) is 22.5. The van der Waals surface area contributed by atoms with Crippen LogP contribution in [0, 0.1) is 12.3 Å². The molecular formula is C63H75N10O12PS. The van der Waals surface area contributed by atoms with Crippen molar-refractivity contribution in [2.75, 3.05) is 25.0 Å². The van der Waals surface area contributed by atoms with Crippen LogP contribution >= 0.6 is 18.9 Å². The summed E-state index contributed by atoms with van der Waals surface area (Å²) in [5, 5.41) is 22.9. The van der Waals surface area contributed by atoms with Gasteiger partial charge >= 0.3 is 7.60 Å². The summed E-state index contributed by atoms with van der Waals surface area (Å²) in [4.78, 5) is 140. The van der Waals surface area contributed by atoms with E-state index in [1.165, 1.54) is 34.1 Å². The van der Waals surface area contributed by atoms with Crippen molar-refractivity contribution in [2.24, 2.45) is 11.1 Å². The van der Waals surface area contributed by atoms with Crippen LogP contribution in [0.25, 0.3) is 21.3 Å². The first-order valence-electron chi connectivity index (χ1n) is 29.2. The molecule has 0 saturated carbocycles. The minimum absolute atomic E-state index is 0.00213. The Kier molecular flexibility index (Phi) is 19.7. The number of aliphatic hydroxyl groups excluding tert-OH is 1. The number of primary amides is 1. The number of para-hydroxylation sites is 1. The number of unbranched alkanes of at least 4 members (excludes halogenated alkanes) is 1. The monoisotopic (exact) mass is 1230 g/mol. The molecule has 4 aromatic carbocycles. The predicted octanol–water partition coefficient (Wildman–Crippen LogP) is 5.32. The SMILES string of the molecule is Cc1ncsc1-c1ccc(CNC(=O)[C@@H]2C[C@@H](O)CN2C(=O)[C@@H](NC(=O)CCCCc2ccc(CN(C)C[C@H](CCC(N)=O)NC(=O)[C@@H]3Cc4cccc5c4N3C(=O)[C@@H](NC(=O)c3cc4cc(C(=O)P(=O)(O)O)ccc4[nH]3)CC5)cc2)C(C)(C)C)cc1. The number of aromatic amines is 1. The van der Waals surface area contributed by atoms with Crippen LogP contribution < -0.4 is 31.9 Å². The van der Waals surface area contributed by atoms with E-state index < -0.39 is 84.4 Å². The lowest BCUT2D eigenvalue weighted by molar-refractivity contribution is -0.144. The predicted molar refractivity (Wildman–Crippen MR) is 328 cm³/mol. The van der Waals surface area contributed by atoms with Crippen molar-refractivity contribution in [1.82, 2.24) is 41.0 Å². The van der Waals surface area contributed by atoms with Crippen LogP contribution in [-0.2, 0) is 65.7 Å². The van der Waals surface area contributed by atoms with Gasteiger partial charge < -0.3 is 56.7 Å². The molecule has 1 fully saturated rings. The molecule has 3 aliphatic heterocycles. The normalized spacial score (nSPS) is 18.2. The Morgan fingerprint density at radius 2 is 1.60 bits per heavy atom. The average Bonchev–Trinajstić information content (AvgIpc) is 1.71. The quantitative estimate of drug-likeness (QED) is 0.0274. The highest BCUT2D eigenvalue weighted by Gasteiger charge is 2.46. The first-order valence-corrected chi connectivity index (χ1v) is 31.7. The van der Waals surface area contributed by atoms with Crippen molar-refractivity contribution < 1.29 is 57.8 Å². The Bertz CT molecular complexity index is 3630. The number of β-amino-alcohol motifs (C(OH)–C–C–N with tert-alkyl or cyclic N) is 1. The molecule has 0 radical (unpaired) electrons. The molecule has 9 rings (SSSR count). The molecule has 1 saturated heterocycles. The van der Waals surface area contributed by atoms with E-state index in [0.717, 1.165) is 44.0 Å². The van der Waals surface area contributed by atoms with E-state index in [1.54, 1.807) is 16.8 Å². The van der Waals surface area contributed by atoms with Crippen molar-refractivity contribution in [3.8, 4) is 10.4 Å². The maximum atomic E-state index is 14.6. The fraction of sp³-hybridized carbons (Fsp3) is 0.413. The third-order valence-corrected chi connectivity index (χ3v) is 18.1. The largest absolute Gasteiger partial charge is 0.396 e. The van der Waals surface area contributed by atoms with Crippen molar-refractivity contribution in [3.63, 3.8) is 0 Å². The maximum absolute atomic E-state index is 14.6. The first-order chi connectivity index (χ1) is 41.3. The van der Waals surface area contributed by atoms with Gasteiger partial charge in [-0.1, -0.05) is 87.5 Å². The molecule has 3 aliphatic rings. The van der Waals surface area contributed by atoms with Crippen molar-refractivity contribution >= 4 is 82.4 Å². The summed E-state index contributed by atoms with van der Waals surface area (Å²) >= 11 is 1.56. The Labute approximate surface area is 508 Å². The second-order valence-corrected chi connectivity index (χ2v) is 26.5. The van der Waals surface area contributed by atoms with Gasteiger partial charge in [-0.15, -0.1) is 11.3 Å². The molecular weight excluding hydrogens is 1150 g/mol. The fourth-order valence-electron chi connectivity index (χ4n) is 11.8. The number of aryl methyl sites for hydroxylation is 3. The van der Waals surface area contributed by atoms with E-state index in [0.29, 0.717) is 55.4 Å². The number of fused-ring (bicyclic) bond motifs is 1. The zero-order chi connectivity index (χ0) is 62.5. The lowest BCUT2D eigenvalue weighted by atomic mass is 9.85. The molecule has 2 aromatic heterocycles. The molecule has 460 valence electrons. The number of nitrogens with zero attached hydrogens (tertiary/aromatic N) is 4. The number of amides is 7. The maximum Gasteiger partial charge on any atom is 0.396 e. The number of nitrogens with two attached hydrogens (primary N) is 1. The lowest BCUT2D eigenvalue weighted by Gasteiger charge is -2.35. The number of carbonyl (C=O) groups excluding carboxylic acids is 8. The number of anilines is 1. The van der Waals surface area contributed by atoms with Gasteiger partial charge in [0.1, 0.15) is 29.9 Å². The summed E-state index contributed by atoms with van der Waals surface area (Å²) in [5.41, 5.74) is 12.8. The Hall–Kier alpha value is -7.92. The van der Waals surface area contributed by atoms with Crippen LogP contribution in [-0.4, -0.2) is 138 Å². The number of aromatic nitrogens is 2. The number of likely N-dealkylation sites (N-methyl/N-ethyl adjacent to an activating group) is 1. The number of likely N-dealkylation sites (tertiary alicyclic amines) is 1. The molecule has 6 aromatic rings. The van der Waals surface area contributed by atoms with Gasteiger partial charge in [0.15, 0.2) is 0 Å². The smallest absolute Gasteiger partial charge is 0.391 e. The van der Waals surface area contributed by atoms with Crippen LogP contribution in [0.3, 0.4) is 0 Å². The number of benzene rings is 4. The van der Waals surface area contributed by atoms with Gasteiger partial charge in [0.05, 0.1) is 27.9 Å². The van der Waals surface area contributed by atoms with Crippen LogP contribution in [0.5, 0.6) is 0 Å². The number of H-pyrrole nitrogens is 1. The zero-order valence-electron chi connectivity index (χ0n) is 49.3. The molecule has 5 heterocycles. The average molecular weight is 1230 g/mol. The van der Waals surface area contributed by atoms with E-state index >= 15 is 0 Å². The summed E-state index contributed by atoms with van der Waals surface area (Å²) in [6.45, 7) is 8.57. The molecule has 6 atom stereocenters. The summed E-state index contributed by atoms with van der Waals surface area (Å²) < 4.78 is 11.6. The van der Waals surface area contributed by atoms with Gasteiger partial charge in [-0.3, -0.25) is 47.8 Å². The van der Waals surface area contributed by atoms with E-state index in [9.17, 15) is 57.8 Å². The highest BCUT2D eigenvalue weighted by Crippen LogP contribution is 2.41. The third-order valence-electron chi connectivity index (χ3n) is 16.3. The summed E-state index contributed by atoms with van der Waals surface area (Å²) in [6.07, 6.45) is 2.45. The van der Waals surface area contributed by atoms with Gasteiger partial charge in [-0.2, -0.15) is 0 Å². The second-order valence-electron chi connectivity index (χ2n) is 24.1. The summed E-state index contributed by atoms with van der Waals surface area (Å²) in [7, 11) is -3.15. The van der Waals surface area contributed by atoms with Crippen molar-refractivity contribution in [2.45, 2.75) is 141 Å². The molecule has 22 nitrogen and oxygen atoms in total. The van der Waals surface area contributed by atoms with Crippen LogP contribution in [0.1, 0.15) is 120 Å². The number of thiazole rings is 1. The lowest BCUT2D eigenvalue weighted by Crippen LogP contribution is -2.57. The molecule has 7 amide bonds. The van der Waals surface area contributed by atoms with Crippen molar-refractivity contribution in [1.29, 1.82) is 0 Å². The number of nitrogens with one attached hydrogen (secondary N) is 5. The number of aliphatic hydroxyl groups is 1. The van der Waals surface area contributed by atoms with Crippen LogP contribution in [0.15, 0.2) is 96.5 Å². The molecule has 0 unspecified atom stereocenters. The highest BCUT2D eigenvalue weighted by molar-refractivity contribution is 7.70. The fourth-order valence-corrected chi connectivity index (χ4v) is 13.1. The summed E-state index contributed by atoms with van der Waals surface area (Å²) in [5.74, 6) is -3.17. The number of rotatable bonds is 24. The standard InChI is InChI=1S/C63H75N10O12PS/c1-36-55(87-35-66-36)41-19-17-38(18-20-41)31-65-58(78)50-30-46(74)34-72(50)61(81)56(63(2,3)4)70-53(76)12-7-6-9-37-13-15-39(16-14-37)32-71(5)33-45(23-26-52(64)75)67-59(79)51-29-42-11-8-10-40-21-25-48(60(80)73(51)54(40)42)69-57(77)49-28-44-27-43(22-24-47(44)68-49)62(82)86(83,84)85/h8,10-11,13-20,22,24,27-28,35,45-46,48,50-51,56,68,74H,6-7,9,12,21,23,25-26,29-34H2,1-5H3,(H2,64,75)(H,65,78)(H,67,79)(H,69,77)(H,70,76)(H2,83,84,85)/t45-,46+,48-,50-,51-,56+/m0/s1. The van der Waals surface area contributed by atoms with Crippen LogP contribution in [0.2, 0.25) is 0 Å². The van der Waals surface area contributed by atoms with Gasteiger partial charge in [0, 0.05) is 74.4 Å². The molecule has 87 heavy (non-hydrogen) atoms.